The molecule has 0 radical (unpaired) electrons. The van der Waals surface area contributed by atoms with Gasteiger partial charge in [0.1, 0.15) is 0 Å². The molecule has 0 spiro atoms. The van der Waals surface area contributed by atoms with Crippen molar-refractivity contribution in [2.24, 2.45) is 13.0 Å². The molecule has 0 amide bonds. The van der Waals surface area contributed by atoms with Crippen LogP contribution in [0.4, 0.5) is 5.69 Å². The van der Waals surface area contributed by atoms with Crippen molar-refractivity contribution in [1.29, 1.82) is 0 Å². The van der Waals surface area contributed by atoms with Crippen molar-refractivity contribution in [2.45, 2.75) is 27.3 Å². The van der Waals surface area contributed by atoms with E-state index in [1.165, 1.54) is 9.13 Å². The number of anilines is 1. The Labute approximate surface area is 168 Å². The predicted molar refractivity (Wildman–Crippen MR) is 115 cm³/mol. The molecule has 0 aliphatic carbocycles. The first-order valence-corrected chi connectivity index (χ1v) is 9.68. The summed E-state index contributed by atoms with van der Waals surface area (Å²) in [6.45, 7) is 6.33. The second kappa shape index (κ2) is 6.65. The zero-order valence-electron chi connectivity index (χ0n) is 17.7. The number of rotatable bonds is 4. The summed E-state index contributed by atoms with van der Waals surface area (Å²) in [7, 11) is 5.66. The number of nitrogens with zero attached hydrogens (tertiary/aromatic N) is 6. The molecule has 1 aromatic carbocycles. The van der Waals surface area contributed by atoms with E-state index in [-0.39, 0.29) is 17.2 Å². The predicted octanol–water partition coefficient (Wildman–Crippen LogP) is 2.17. The average Bonchev–Trinajstić information content (AvgIpc) is 3.18. The number of fused-ring (bicyclic) bond motifs is 3. The maximum absolute atomic E-state index is 13.2. The number of benzene rings is 1. The molecular formula is C21H26N6O2. The second-order valence-electron chi connectivity index (χ2n) is 8.12. The highest BCUT2D eigenvalue weighted by atomic mass is 16.2. The zero-order chi connectivity index (χ0) is 21.0. The van der Waals surface area contributed by atoms with Crippen molar-refractivity contribution < 1.29 is 0 Å². The van der Waals surface area contributed by atoms with Gasteiger partial charge in [0, 0.05) is 51.0 Å². The maximum atomic E-state index is 13.2. The maximum Gasteiger partial charge on any atom is 0.332 e. The van der Waals surface area contributed by atoms with Crippen LogP contribution in [-0.2, 0) is 13.6 Å². The quantitative estimate of drug-likeness (QED) is 0.532. The molecular weight excluding hydrogens is 368 g/mol. The molecule has 8 heteroatoms. The fourth-order valence-electron chi connectivity index (χ4n) is 3.76. The Hall–Kier alpha value is -3.29. The first kappa shape index (κ1) is 19.0. The minimum Gasteiger partial charge on any atom is -0.378 e. The summed E-state index contributed by atoms with van der Waals surface area (Å²) in [6, 6.07) is 8.13. The molecule has 0 fully saturated rings. The molecule has 152 valence electrons. The third-order valence-electron chi connectivity index (χ3n) is 5.20. The number of imidazole rings is 2. The van der Waals surface area contributed by atoms with E-state index in [1.807, 2.05) is 74.8 Å². The van der Waals surface area contributed by atoms with Gasteiger partial charge in [-0.15, -0.1) is 0 Å². The molecule has 4 aromatic rings. The van der Waals surface area contributed by atoms with Crippen LogP contribution in [0.5, 0.6) is 0 Å². The molecule has 3 heterocycles. The zero-order valence-corrected chi connectivity index (χ0v) is 17.7. The lowest BCUT2D eigenvalue weighted by molar-refractivity contribution is 0.484. The summed E-state index contributed by atoms with van der Waals surface area (Å²) in [4.78, 5) is 32.6. The van der Waals surface area contributed by atoms with Crippen molar-refractivity contribution in [2.75, 3.05) is 19.0 Å². The van der Waals surface area contributed by atoms with Crippen LogP contribution in [0.2, 0.25) is 0 Å². The Morgan fingerprint density at radius 3 is 2.34 bits per heavy atom. The summed E-state index contributed by atoms with van der Waals surface area (Å²) in [5.41, 5.74) is 3.19. The van der Waals surface area contributed by atoms with Crippen molar-refractivity contribution in [3.05, 3.63) is 57.0 Å². The monoisotopic (exact) mass is 394 g/mol. The van der Waals surface area contributed by atoms with Crippen LogP contribution in [0, 0.1) is 12.8 Å². The van der Waals surface area contributed by atoms with Gasteiger partial charge >= 0.3 is 5.69 Å². The molecule has 3 aromatic heterocycles. The van der Waals surface area contributed by atoms with Crippen LogP contribution < -0.4 is 16.1 Å². The fourth-order valence-corrected chi connectivity index (χ4v) is 3.76. The minimum atomic E-state index is -0.337. The summed E-state index contributed by atoms with van der Waals surface area (Å²) in [6.07, 6.45) is 1.90. The highest BCUT2D eigenvalue weighted by molar-refractivity contribution is 5.76. The molecule has 0 atom stereocenters. The third-order valence-corrected chi connectivity index (χ3v) is 5.20. The van der Waals surface area contributed by atoms with Gasteiger partial charge in [-0.25, -0.2) is 4.79 Å². The highest BCUT2D eigenvalue weighted by Crippen LogP contribution is 2.22. The average molecular weight is 394 g/mol. The van der Waals surface area contributed by atoms with E-state index < -0.39 is 0 Å². The van der Waals surface area contributed by atoms with Gasteiger partial charge in [0.2, 0.25) is 5.78 Å². The standard InChI is InChI=1S/C21H26N6O2/c1-13(2)11-26-19(28)17-18(24(6)21(26)29)22-20-25(17)12-14(3)27(20)16-9-7-15(8-10-16)23(4)5/h7-10,12-13H,11H2,1-6H3. The molecule has 0 saturated carbocycles. The van der Waals surface area contributed by atoms with Crippen LogP contribution in [0.25, 0.3) is 22.6 Å². The lowest BCUT2D eigenvalue weighted by atomic mass is 10.2. The van der Waals surface area contributed by atoms with Gasteiger partial charge in [0.15, 0.2) is 11.2 Å². The normalized spacial score (nSPS) is 11.8. The van der Waals surface area contributed by atoms with Crippen LogP contribution in [0.3, 0.4) is 0 Å². The summed E-state index contributed by atoms with van der Waals surface area (Å²) in [5.74, 6) is 0.798. The molecule has 8 nitrogen and oxygen atoms in total. The largest absolute Gasteiger partial charge is 0.378 e. The van der Waals surface area contributed by atoms with Gasteiger partial charge < -0.3 is 4.90 Å². The number of hydrogen-bond donors (Lipinski definition) is 0. The molecule has 0 saturated heterocycles. The molecule has 29 heavy (non-hydrogen) atoms. The molecule has 0 aliphatic heterocycles. The van der Waals surface area contributed by atoms with Gasteiger partial charge in [0.25, 0.3) is 5.56 Å². The van der Waals surface area contributed by atoms with E-state index in [0.29, 0.717) is 23.5 Å². The van der Waals surface area contributed by atoms with Crippen molar-refractivity contribution in [3.8, 4) is 5.69 Å². The van der Waals surface area contributed by atoms with E-state index >= 15 is 0 Å². The topological polar surface area (TPSA) is 69.5 Å². The van der Waals surface area contributed by atoms with Crippen molar-refractivity contribution in [1.82, 2.24) is 23.1 Å². The summed E-state index contributed by atoms with van der Waals surface area (Å²) >= 11 is 0. The van der Waals surface area contributed by atoms with Crippen LogP contribution in [0.1, 0.15) is 19.5 Å². The van der Waals surface area contributed by atoms with Crippen LogP contribution in [0.15, 0.2) is 40.1 Å². The lowest BCUT2D eigenvalue weighted by Gasteiger charge is -2.13. The number of aryl methyl sites for hydroxylation is 2. The number of hydrogen-bond acceptors (Lipinski definition) is 4. The van der Waals surface area contributed by atoms with Crippen LogP contribution >= 0.6 is 0 Å². The second-order valence-corrected chi connectivity index (χ2v) is 8.12. The molecule has 0 bridgehead atoms. The SMILES string of the molecule is Cc1cn2c3c(=O)n(CC(C)C)c(=O)n(C)c3nc2n1-c1ccc(N(C)C)cc1. The fraction of sp³-hybridized carbons (Fsp3) is 0.381. The van der Waals surface area contributed by atoms with E-state index in [0.717, 1.165) is 17.1 Å². The van der Waals surface area contributed by atoms with Crippen molar-refractivity contribution >= 4 is 22.6 Å². The van der Waals surface area contributed by atoms with E-state index in [2.05, 4.69) is 4.98 Å². The molecule has 0 aliphatic rings. The van der Waals surface area contributed by atoms with Gasteiger partial charge in [-0.05, 0) is 37.1 Å². The highest BCUT2D eigenvalue weighted by Gasteiger charge is 2.21. The molecule has 0 unspecified atom stereocenters. The Morgan fingerprint density at radius 2 is 1.76 bits per heavy atom. The van der Waals surface area contributed by atoms with Gasteiger partial charge in [-0.3, -0.25) is 22.9 Å². The van der Waals surface area contributed by atoms with Crippen molar-refractivity contribution in [3.63, 3.8) is 0 Å². The third kappa shape index (κ3) is 2.86. The Bertz CT molecular complexity index is 1330. The van der Waals surface area contributed by atoms with E-state index in [9.17, 15) is 9.59 Å². The summed E-state index contributed by atoms with van der Waals surface area (Å²) in [5, 5.41) is 0. The number of aromatic nitrogens is 5. The van der Waals surface area contributed by atoms with Gasteiger partial charge in [-0.2, -0.15) is 4.98 Å². The first-order chi connectivity index (χ1) is 13.7. The van der Waals surface area contributed by atoms with Gasteiger partial charge in [-0.1, -0.05) is 13.8 Å². The van der Waals surface area contributed by atoms with E-state index in [4.69, 9.17) is 0 Å². The minimum absolute atomic E-state index is 0.183. The summed E-state index contributed by atoms with van der Waals surface area (Å²) < 4.78 is 6.56. The Kier molecular flexibility index (Phi) is 4.37. The Morgan fingerprint density at radius 1 is 1.10 bits per heavy atom. The first-order valence-electron chi connectivity index (χ1n) is 9.68. The lowest BCUT2D eigenvalue weighted by Crippen LogP contribution is -2.40. The Balaban J connectivity index is 2.02. The molecule has 4 rings (SSSR count). The van der Waals surface area contributed by atoms with Crippen LogP contribution in [-0.4, -0.2) is 37.2 Å². The molecule has 0 N–H and O–H groups in total. The van der Waals surface area contributed by atoms with E-state index in [1.54, 1.807) is 11.4 Å². The smallest absolute Gasteiger partial charge is 0.332 e. The van der Waals surface area contributed by atoms with Gasteiger partial charge in [0.05, 0.1) is 0 Å².